The number of rotatable bonds is 10. The Labute approximate surface area is 205 Å². The summed E-state index contributed by atoms with van der Waals surface area (Å²) in [7, 11) is 0. The second-order valence-electron chi connectivity index (χ2n) is 8.07. The highest BCUT2D eigenvalue weighted by Gasteiger charge is 2.32. The van der Waals surface area contributed by atoms with Crippen molar-refractivity contribution in [3.05, 3.63) is 51.7 Å². The molecule has 1 aromatic heterocycles. The third kappa shape index (κ3) is 7.11. The van der Waals surface area contributed by atoms with E-state index in [0.29, 0.717) is 35.7 Å². The minimum Gasteiger partial charge on any atom is -0.481 e. The highest BCUT2D eigenvalue weighted by molar-refractivity contribution is 7.13. The summed E-state index contributed by atoms with van der Waals surface area (Å²) in [5.41, 5.74) is 5.93. The van der Waals surface area contributed by atoms with E-state index in [1.165, 1.54) is 11.3 Å². The number of amidine groups is 1. The minimum absolute atomic E-state index is 0.0872. The van der Waals surface area contributed by atoms with Crippen molar-refractivity contribution in [2.75, 3.05) is 6.54 Å². The molecule has 1 saturated heterocycles. The molecule has 1 amide bonds. The normalized spacial score (nSPS) is 16.7. The summed E-state index contributed by atoms with van der Waals surface area (Å²) in [5.74, 6) is -3.55. The molecule has 0 unspecified atom stereocenters. The first-order valence-electron chi connectivity index (χ1n) is 10.9. The number of carbonyl (C=O) groups excluding carboxylic acids is 2. The monoisotopic (exact) mass is 502 g/mol. The fourth-order valence-electron chi connectivity index (χ4n) is 3.75. The van der Waals surface area contributed by atoms with Crippen LogP contribution in [0, 0.1) is 5.41 Å². The van der Waals surface area contributed by atoms with Crippen molar-refractivity contribution in [2.24, 2.45) is 5.73 Å². The Kier molecular flexibility index (Phi) is 8.55. The summed E-state index contributed by atoms with van der Waals surface area (Å²) in [5, 5.41) is 27.9. The Morgan fingerprint density at radius 2 is 1.86 bits per heavy atom. The number of benzene rings is 1. The molecule has 0 saturated carbocycles. The van der Waals surface area contributed by atoms with Gasteiger partial charge in [0.2, 0.25) is 5.91 Å². The SMILES string of the molecule is N=C(N)c1ccc(OC(=O)c2ccc(CN3CCCC[C@H]3C(=O)N[C@@H](CC(=O)O)C(=O)O)s2)cc1. The molecular formula is C23H26N4O7S. The maximum absolute atomic E-state index is 12.8. The molecular weight excluding hydrogens is 476 g/mol. The number of aliphatic carboxylic acids is 2. The minimum atomic E-state index is -1.50. The number of hydrogen-bond donors (Lipinski definition) is 5. The fourth-order valence-corrected chi connectivity index (χ4v) is 4.66. The van der Waals surface area contributed by atoms with Gasteiger partial charge in [0.1, 0.15) is 22.5 Å². The number of amides is 1. The van der Waals surface area contributed by atoms with E-state index < -0.39 is 42.3 Å². The zero-order valence-corrected chi connectivity index (χ0v) is 19.5. The Morgan fingerprint density at radius 1 is 1.14 bits per heavy atom. The van der Waals surface area contributed by atoms with Crippen LogP contribution in [-0.4, -0.2) is 63.4 Å². The number of nitrogens with two attached hydrogens (primary N) is 1. The number of ether oxygens (including phenoxy) is 1. The molecule has 1 fully saturated rings. The van der Waals surface area contributed by atoms with E-state index in [0.717, 1.165) is 17.7 Å². The lowest BCUT2D eigenvalue weighted by atomic mass is 10.0. The molecule has 0 radical (unpaired) electrons. The van der Waals surface area contributed by atoms with Gasteiger partial charge < -0.3 is 26.0 Å². The molecule has 0 aliphatic carbocycles. The zero-order valence-electron chi connectivity index (χ0n) is 18.7. The molecule has 12 heteroatoms. The summed E-state index contributed by atoms with van der Waals surface area (Å²) in [4.78, 5) is 50.6. The molecule has 3 rings (SSSR count). The van der Waals surface area contributed by atoms with Crippen LogP contribution in [0.25, 0.3) is 0 Å². The molecule has 35 heavy (non-hydrogen) atoms. The van der Waals surface area contributed by atoms with Crippen molar-refractivity contribution in [1.29, 1.82) is 5.41 Å². The summed E-state index contributed by atoms with van der Waals surface area (Å²) in [6, 6.07) is 7.57. The van der Waals surface area contributed by atoms with Crippen LogP contribution >= 0.6 is 11.3 Å². The third-order valence-corrected chi connectivity index (χ3v) is 6.56. The molecule has 2 aromatic rings. The molecule has 2 heterocycles. The second kappa shape index (κ2) is 11.6. The number of nitrogens with zero attached hydrogens (tertiary/aromatic N) is 1. The Morgan fingerprint density at radius 3 is 2.49 bits per heavy atom. The Hall–Kier alpha value is -3.77. The van der Waals surface area contributed by atoms with Crippen LogP contribution in [0.15, 0.2) is 36.4 Å². The van der Waals surface area contributed by atoms with E-state index in [4.69, 9.17) is 21.0 Å². The smallest absolute Gasteiger partial charge is 0.353 e. The lowest BCUT2D eigenvalue weighted by molar-refractivity contribution is -0.148. The van der Waals surface area contributed by atoms with Crippen molar-refractivity contribution in [1.82, 2.24) is 10.2 Å². The number of hydrogen-bond acceptors (Lipinski definition) is 8. The van der Waals surface area contributed by atoms with E-state index in [2.05, 4.69) is 5.32 Å². The van der Waals surface area contributed by atoms with Crippen LogP contribution in [0.2, 0.25) is 0 Å². The summed E-state index contributed by atoms with van der Waals surface area (Å²) >= 11 is 1.23. The standard InChI is InChI=1S/C23H26N4O7S/c24-20(25)13-4-6-14(7-5-13)34-23(33)18-9-8-15(35-18)12-27-10-2-1-3-17(27)21(30)26-16(22(31)32)11-19(28)29/h4-9,16-17H,1-3,10-12H2,(H3,24,25)(H,26,30)(H,28,29)(H,31,32)/t16-,17-/m0/s1. The molecule has 0 spiro atoms. The van der Waals surface area contributed by atoms with Crippen molar-refractivity contribution >= 4 is 41.0 Å². The van der Waals surface area contributed by atoms with Gasteiger partial charge in [0.05, 0.1) is 12.5 Å². The highest BCUT2D eigenvalue weighted by atomic mass is 32.1. The first-order valence-corrected chi connectivity index (χ1v) is 11.7. The molecule has 6 N–H and O–H groups in total. The van der Waals surface area contributed by atoms with Crippen LogP contribution in [0.1, 0.15) is 45.8 Å². The molecule has 2 atom stereocenters. The van der Waals surface area contributed by atoms with Crippen LogP contribution in [0.4, 0.5) is 0 Å². The first kappa shape index (κ1) is 25.8. The van der Waals surface area contributed by atoms with Gasteiger partial charge >= 0.3 is 17.9 Å². The summed E-state index contributed by atoms with van der Waals surface area (Å²) in [6.45, 7) is 0.981. The van der Waals surface area contributed by atoms with Gasteiger partial charge in [-0.1, -0.05) is 6.42 Å². The van der Waals surface area contributed by atoms with Gasteiger partial charge in [-0.3, -0.25) is 19.9 Å². The predicted molar refractivity (Wildman–Crippen MR) is 127 cm³/mol. The summed E-state index contributed by atoms with van der Waals surface area (Å²) in [6.07, 6.45) is 1.46. The van der Waals surface area contributed by atoms with Crippen LogP contribution in [-0.2, 0) is 20.9 Å². The Balaban J connectivity index is 1.63. The number of carboxylic acids is 2. The average molecular weight is 503 g/mol. The number of nitrogens with one attached hydrogen (secondary N) is 2. The van der Waals surface area contributed by atoms with Gasteiger partial charge in [-0.25, -0.2) is 9.59 Å². The number of piperidine rings is 1. The number of carbonyl (C=O) groups is 4. The summed E-state index contributed by atoms with van der Waals surface area (Å²) < 4.78 is 5.37. The van der Waals surface area contributed by atoms with Gasteiger partial charge in [0.25, 0.3) is 0 Å². The van der Waals surface area contributed by atoms with Crippen molar-refractivity contribution in [2.45, 2.75) is 44.3 Å². The van der Waals surface area contributed by atoms with Crippen LogP contribution in [0.5, 0.6) is 5.75 Å². The van der Waals surface area contributed by atoms with Gasteiger partial charge in [-0.2, -0.15) is 0 Å². The molecule has 1 aliphatic heterocycles. The van der Waals surface area contributed by atoms with Gasteiger partial charge in [-0.15, -0.1) is 11.3 Å². The fraction of sp³-hybridized carbons (Fsp3) is 0.348. The second-order valence-corrected chi connectivity index (χ2v) is 9.24. The van der Waals surface area contributed by atoms with Gasteiger partial charge in [0, 0.05) is 17.0 Å². The average Bonchev–Trinajstić information content (AvgIpc) is 3.27. The first-order chi connectivity index (χ1) is 16.6. The van der Waals surface area contributed by atoms with Crippen molar-refractivity contribution in [3.8, 4) is 5.75 Å². The largest absolute Gasteiger partial charge is 0.481 e. The number of nitrogen functional groups attached to an aromatic ring is 1. The third-order valence-electron chi connectivity index (χ3n) is 5.51. The molecule has 186 valence electrons. The lowest BCUT2D eigenvalue weighted by Gasteiger charge is -2.34. The number of likely N-dealkylation sites (tertiary alicyclic amines) is 1. The zero-order chi connectivity index (χ0) is 25.5. The van der Waals surface area contributed by atoms with E-state index in [1.807, 2.05) is 4.90 Å². The van der Waals surface area contributed by atoms with Gasteiger partial charge in [0.15, 0.2) is 0 Å². The quantitative estimate of drug-likeness (QED) is 0.139. The van der Waals surface area contributed by atoms with Gasteiger partial charge in [-0.05, 0) is 55.8 Å². The van der Waals surface area contributed by atoms with E-state index in [9.17, 15) is 24.3 Å². The Bertz CT molecular complexity index is 1120. The van der Waals surface area contributed by atoms with E-state index in [-0.39, 0.29) is 5.84 Å². The maximum Gasteiger partial charge on any atom is 0.353 e. The molecule has 1 aliphatic rings. The van der Waals surface area contributed by atoms with Crippen LogP contribution in [0.3, 0.4) is 0 Å². The molecule has 11 nitrogen and oxygen atoms in total. The molecule has 1 aromatic carbocycles. The number of thiophene rings is 1. The van der Waals surface area contributed by atoms with Crippen molar-refractivity contribution in [3.63, 3.8) is 0 Å². The lowest BCUT2D eigenvalue weighted by Crippen LogP contribution is -2.53. The predicted octanol–water partition coefficient (Wildman–Crippen LogP) is 1.65. The van der Waals surface area contributed by atoms with Crippen LogP contribution < -0.4 is 15.8 Å². The topological polar surface area (TPSA) is 183 Å². The maximum atomic E-state index is 12.8. The number of carboxylic acid groups (broad SMARTS) is 2. The van der Waals surface area contributed by atoms with E-state index >= 15 is 0 Å². The van der Waals surface area contributed by atoms with Crippen molar-refractivity contribution < 1.29 is 34.1 Å². The number of esters is 1. The highest BCUT2D eigenvalue weighted by Crippen LogP contribution is 2.25. The molecule has 0 bridgehead atoms. The van der Waals surface area contributed by atoms with E-state index in [1.54, 1.807) is 36.4 Å².